The zero-order chi connectivity index (χ0) is 10.1. The number of benzene rings is 1. The highest BCUT2D eigenvalue weighted by Crippen LogP contribution is 2.35. The van der Waals surface area contributed by atoms with Crippen LogP contribution >= 0.6 is 27.5 Å². The van der Waals surface area contributed by atoms with Gasteiger partial charge in [0.1, 0.15) is 0 Å². The third kappa shape index (κ3) is 2.18. The lowest BCUT2D eigenvalue weighted by molar-refractivity contribution is 0.0975. The molecule has 3 heteroatoms. The third-order valence-electron chi connectivity index (χ3n) is 2.41. The zero-order valence-electron chi connectivity index (χ0n) is 7.59. The highest BCUT2D eigenvalue weighted by atomic mass is 79.9. The summed E-state index contributed by atoms with van der Waals surface area (Å²) in [7, 11) is 0. The first-order valence-electron chi connectivity index (χ1n) is 4.65. The molecule has 1 aliphatic carbocycles. The molecule has 1 aromatic rings. The number of rotatable bonds is 3. The van der Waals surface area contributed by atoms with Crippen molar-refractivity contribution in [1.29, 1.82) is 0 Å². The van der Waals surface area contributed by atoms with Crippen molar-refractivity contribution in [2.24, 2.45) is 5.92 Å². The van der Waals surface area contributed by atoms with Crippen molar-refractivity contribution in [2.45, 2.75) is 19.3 Å². The van der Waals surface area contributed by atoms with Crippen LogP contribution in [-0.2, 0) is 0 Å². The molecule has 74 valence electrons. The Hall–Kier alpha value is -0.340. The lowest BCUT2D eigenvalue weighted by atomic mass is 10.1. The van der Waals surface area contributed by atoms with Crippen LogP contribution in [0.4, 0.5) is 0 Å². The minimum Gasteiger partial charge on any atom is -0.294 e. The van der Waals surface area contributed by atoms with Crippen molar-refractivity contribution in [3.8, 4) is 0 Å². The molecular formula is C11H10BrClO. The molecule has 0 aromatic heterocycles. The molecule has 1 nitrogen and oxygen atoms in total. The predicted molar refractivity (Wildman–Crippen MR) is 60.8 cm³/mol. The standard InChI is InChI=1S/C11H10BrClO/c12-8-2-1-3-9(13)11(8)10(14)6-7-4-5-7/h1-3,7H,4-6H2. The van der Waals surface area contributed by atoms with Crippen molar-refractivity contribution in [1.82, 2.24) is 0 Å². The van der Waals surface area contributed by atoms with Gasteiger partial charge in [-0.25, -0.2) is 0 Å². The van der Waals surface area contributed by atoms with Crippen LogP contribution in [0.5, 0.6) is 0 Å². The Bertz CT molecular complexity index is 351. The average Bonchev–Trinajstić information content (AvgIpc) is 2.87. The minimum absolute atomic E-state index is 0.157. The second-order valence-corrected chi connectivity index (χ2v) is 4.93. The van der Waals surface area contributed by atoms with Crippen LogP contribution in [0, 0.1) is 5.92 Å². The quantitative estimate of drug-likeness (QED) is 0.758. The molecule has 0 N–H and O–H groups in total. The van der Waals surface area contributed by atoms with Gasteiger partial charge >= 0.3 is 0 Å². The van der Waals surface area contributed by atoms with Crippen molar-refractivity contribution < 1.29 is 4.79 Å². The smallest absolute Gasteiger partial charge is 0.165 e. The van der Waals surface area contributed by atoms with Gasteiger partial charge in [0, 0.05) is 10.9 Å². The van der Waals surface area contributed by atoms with Gasteiger partial charge in [0.05, 0.1) is 10.6 Å². The normalized spacial score (nSPS) is 15.6. The average molecular weight is 274 g/mol. The van der Waals surface area contributed by atoms with E-state index in [-0.39, 0.29) is 5.78 Å². The lowest BCUT2D eigenvalue weighted by Gasteiger charge is -2.04. The zero-order valence-corrected chi connectivity index (χ0v) is 9.94. The molecule has 14 heavy (non-hydrogen) atoms. The maximum atomic E-state index is 11.8. The van der Waals surface area contributed by atoms with E-state index in [1.165, 1.54) is 12.8 Å². The summed E-state index contributed by atoms with van der Waals surface area (Å²) in [6, 6.07) is 5.44. The van der Waals surface area contributed by atoms with Gasteiger partial charge in [0.2, 0.25) is 0 Å². The van der Waals surface area contributed by atoms with E-state index in [0.29, 0.717) is 22.9 Å². The number of ketones is 1. The molecule has 0 heterocycles. The monoisotopic (exact) mass is 272 g/mol. The Morgan fingerprint density at radius 1 is 1.50 bits per heavy atom. The van der Waals surface area contributed by atoms with Crippen LogP contribution in [0.15, 0.2) is 22.7 Å². The van der Waals surface area contributed by atoms with Gasteiger partial charge in [0.15, 0.2) is 5.78 Å². The van der Waals surface area contributed by atoms with Gasteiger partial charge in [-0.05, 0) is 46.8 Å². The molecule has 0 radical (unpaired) electrons. The van der Waals surface area contributed by atoms with Gasteiger partial charge in [-0.2, -0.15) is 0 Å². The van der Waals surface area contributed by atoms with E-state index in [4.69, 9.17) is 11.6 Å². The Labute approximate surface area is 96.6 Å². The van der Waals surface area contributed by atoms with Crippen LogP contribution in [0.3, 0.4) is 0 Å². The molecule has 0 amide bonds. The Balaban J connectivity index is 2.24. The molecule has 0 spiro atoms. The predicted octanol–water partition coefficient (Wildman–Crippen LogP) is 4.09. The molecule has 0 atom stereocenters. The fraction of sp³-hybridized carbons (Fsp3) is 0.364. The summed E-state index contributed by atoms with van der Waals surface area (Å²) in [5, 5.41) is 0.546. The van der Waals surface area contributed by atoms with Gasteiger partial charge < -0.3 is 0 Å². The van der Waals surface area contributed by atoms with Gasteiger partial charge in [-0.15, -0.1) is 0 Å². The van der Waals surface area contributed by atoms with Gasteiger partial charge in [-0.3, -0.25) is 4.79 Å². The highest BCUT2D eigenvalue weighted by molar-refractivity contribution is 9.10. The SMILES string of the molecule is O=C(CC1CC1)c1c(Cl)cccc1Br. The Morgan fingerprint density at radius 3 is 2.79 bits per heavy atom. The third-order valence-corrected chi connectivity index (χ3v) is 3.39. The summed E-state index contributed by atoms with van der Waals surface area (Å²) in [5.74, 6) is 0.760. The van der Waals surface area contributed by atoms with E-state index in [1.807, 2.05) is 12.1 Å². The van der Waals surface area contributed by atoms with Crippen molar-refractivity contribution in [2.75, 3.05) is 0 Å². The summed E-state index contributed by atoms with van der Waals surface area (Å²) in [5.41, 5.74) is 0.640. The maximum Gasteiger partial charge on any atom is 0.165 e. The molecule has 0 unspecified atom stereocenters. The molecule has 2 rings (SSSR count). The fourth-order valence-corrected chi connectivity index (χ4v) is 2.43. The Kier molecular flexibility index (Phi) is 2.93. The number of halogens is 2. The maximum absolute atomic E-state index is 11.8. The van der Waals surface area contributed by atoms with E-state index in [0.717, 1.165) is 4.47 Å². The fourth-order valence-electron chi connectivity index (χ4n) is 1.45. The molecule has 1 saturated carbocycles. The van der Waals surface area contributed by atoms with E-state index in [1.54, 1.807) is 6.07 Å². The second-order valence-electron chi connectivity index (χ2n) is 3.67. The van der Waals surface area contributed by atoms with Crippen molar-refractivity contribution >= 4 is 33.3 Å². The summed E-state index contributed by atoms with van der Waals surface area (Å²) in [4.78, 5) is 11.8. The number of Topliss-reactive ketones (excluding diaryl/α,β-unsaturated/α-hetero) is 1. The van der Waals surface area contributed by atoms with E-state index in [2.05, 4.69) is 15.9 Å². The molecule has 1 fully saturated rings. The van der Waals surface area contributed by atoms with Crippen molar-refractivity contribution in [3.63, 3.8) is 0 Å². The number of hydrogen-bond donors (Lipinski definition) is 0. The second kappa shape index (κ2) is 4.03. The largest absolute Gasteiger partial charge is 0.294 e. The summed E-state index contributed by atoms with van der Waals surface area (Å²) in [6.45, 7) is 0. The van der Waals surface area contributed by atoms with E-state index in [9.17, 15) is 4.79 Å². The summed E-state index contributed by atoms with van der Waals surface area (Å²) in [6.07, 6.45) is 3.02. The first-order valence-corrected chi connectivity index (χ1v) is 5.83. The summed E-state index contributed by atoms with van der Waals surface area (Å²) < 4.78 is 0.802. The Morgan fingerprint density at radius 2 is 2.21 bits per heavy atom. The minimum atomic E-state index is 0.157. The summed E-state index contributed by atoms with van der Waals surface area (Å²) >= 11 is 9.33. The highest BCUT2D eigenvalue weighted by Gasteiger charge is 2.26. The topological polar surface area (TPSA) is 17.1 Å². The lowest BCUT2D eigenvalue weighted by Crippen LogP contribution is -2.02. The van der Waals surface area contributed by atoms with Crippen LogP contribution in [0.1, 0.15) is 29.6 Å². The molecule has 0 saturated heterocycles. The van der Waals surface area contributed by atoms with Crippen LogP contribution in [0.25, 0.3) is 0 Å². The first kappa shape index (κ1) is 10.2. The number of hydrogen-bond acceptors (Lipinski definition) is 1. The van der Waals surface area contributed by atoms with Gasteiger partial charge in [0.25, 0.3) is 0 Å². The van der Waals surface area contributed by atoms with Gasteiger partial charge in [-0.1, -0.05) is 17.7 Å². The number of carbonyl (C=O) groups excluding carboxylic acids is 1. The van der Waals surface area contributed by atoms with Crippen LogP contribution in [0.2, 0.25) is 5.02 Å². The van der Waals surface area contributed by atoms with E-state index < -0.39 is 0 Å². The number of carbonyl (C=O) groups is 1. The molecule has 0 bridgehead atoms. The van der Waals surface area contributed by atoms with Crippen LogP contribution < -0.4 is 0 Å². The molecule has 1 aromatic carbocycles. The molecular weight excluding hydrogens is 263 g/mol. The first-order chi connectivity index (χ1) is 6.68. The molecule has 1 aliphatic rings. The van der Waals surface area contributed by atoms with Crippen LogP contribution in [-0.4, -0.2) is 5.78 Å². The molecule has 0 aliphatic heterocycles. The van der Waals surface area contributed by atoms with Crippen molar-refractivity contribution in [3.05, 3.63) is 33.3 Å². The van der Waals surface area contributed by atoms with E-state index >= 15 is 0 Å².